The molecule has 1 atom stereocenters. The van der Waals surface area contributed by atoms with E-state index in [1.807, 2.05) is 17.0 Å². The Morgan fingerprint density at radius 2 is 1.92 bits per heavy atom. The molecule has 0 spiro atoms. The van der Waals surface area contributed by atoms with Crippen molar-refractivity contribution in [1.29, 1.82) is 0 Å². The number of carbonyl (C=O) groups is 1. The molecule has 1 amide bonds. The third-order valence-electron chi connectivity index (χ3n) is 4.23. The molecule has 1 unspecified atom stereocenters. The molecule has 0 aromatic heterocycles. The Bertz CT molecular complexity index is 512. The van der Waals surface area contributed by atoms with E-state index in [2.05, 4.69) is 22.3 Å². The molecule has 24 heavy (non-hydrogen) atoms. The summed E-state index contributed by atoms with van der Waals surface area (Å²) in [5.41, 5.74) is 1.28. The van der Waals surface area contributed by atoms with Crippen molar-refractivity contribution in [2.45, 2.75) is 19.0 Å². The Balaban J connectivity index is 0.00000144. The highest BCUT2D eigenvalue weighted by Crippen LogP contribution is 2.15. The number of hydrogen-bond donors (Lipinski definition) is 1. The van der Waals surface area contributed by atoms with Crippen LogP contribution in [-0.4, -0.2) is 59.6 Å². The summed E-state index contributed by atoms with van der Waals surface area (Å²) in [4.78, 5) is 16.9. The standard InChI is InChI=1S/C16H22ClN3OS.2ClH/c17-14-4-2-13(3-5-14)10-19-6-1-7-20(9-8-19)16(21)15-11-22-12-18-15;;/h2-5,15,18H,1,6-12H2;2*1H. The van der Waals surface area contributed by atoms with Crippen LogP contribution in [0.25, 0.3) is 0 Å². The number of nitrogens with one attached hydrogen (secondary N) is 1. The summed E-state index contributed by atoms with van der Waals surface area (Å²) in [6, 6.07) is 8.06. The van der Waals surface area contributed by atoms with Crippen LogP contribution in [0, 0.1) is 0 Å². The lowest BCUT2D eigenvalue weighted by molar-refractivity contribution is -0.132. The second-order valence-electron chi connectivity index (χ2n) is 5.85. The van der Waals surface area contributed by atoms with Crippen LogP contribution in [0.2, 0.25) is 5.02 Å². The minimum Gasteiger partial charge on any atom is -0.340 e. The number of carbonyl (C=O) groups excluding carboxylic acids is 1. The average Bonchev–Trinajstić information content (AvgIpc) is 2.96. The van der Waals surface area contributed by atoms with Crippen molar-refractivity contribution < 1.29 is 4.79 Å². The maximum Gasteiger partial charge on any atom is 0.240 e. The normalized spacial score (nSPS) is 21.5. The molecule has 2 heterocycles. The van der Waals surface area contributed by atoms with Gasteiger partial charge in [-0.3, -0.25) is 15.0 Å². The highest BCUT2D eigenvalue weighted by Gasteiger charge is 2.28. The summed E-state index contributed by atoms with van der Waals surface area (Å²) in [7, 11) is 0. The van der Waals surface area contributed by atoms with E-state index < -0.39 is 0 Å². The van der Waals surface area contributed by atoms with Crippen molar-refractivity contribution in [2.75, 3.05) is 37.8 Å². The first-order valence-electron chi connectivity index (χ1n) is 7.79. The van der Waals surface area contributed by atoms with E-state index >= 15 is 0 Å². The van der Waals surface area contributed by atoms with Gasteiger partial charge < -0.3 is 4.90 Å². The second kappa shape index (κ2) is 10.7. The van der Waals surface area contributed by atoms with E-state index in [0.717, 1.165) is 55.8 Å². The van der Waals surface area contributed by atoms with E-state index in [-0.39, 0.29) is 36.8 Å². The molecule has 1 aromatic carbocycles. The number of nitrogens with zero attached hydrogens (tertiary/aromatic N) is 2. The molecule has 2 aliphatic heterocycles. The van der Waals surface area contributed by atoms with Gasteiger partial charge in [0.25, 0.3) is 0 Å². The van der Waals surface area contributed by atoms with Crippen LogP contribution in [0.5, 0.6) is 0 Å². The molecule has 2 fully saturated rings. The van der Waals surface area contributed by atoms with Crippen molar-refractivity contribution in [3.63, 3.8) is 0 Å². The minimum atomic E-state index is 0. The summed E-state index contributed by atoms with van der Waals surface area (Å²) in [6.07, 6.45) is 1.04. The van der Waals surface area contributed by atoms with Gasteiger partial charge in [0.2, 0.25) is 5.91 Å². The van der Waals surface area contributed by atoms with Gasteiger partial charge in [-0.1, -0.05) is 23.7 Å². The Labute approximate surface area is 165 Å². The summed E-state index contributed by atoms with van der Waals surface area (Å²) in [5, 5.41) is 4.05. The molecule has 8 heteroatoms. The van der Waals surface area contributed by atoms with E-state index in [0.29, 0.717) is 0 Å². The van der Waals surface area contributed by atoms with E-state index in [1.54, 1.807) is 11.8 Å². The van der Waals surface area contributed by atoms with Crippen molar-refractivity contribution in [3.8, 4) is 0 Å². The zero-order valence-corrected chi connectivity index (χ0v) is 16.7. The quantitative estimate of drug-likeness (QED) is 0.828. The van der Waals surface area contributed by atoms with Gasteiger partial charge in [0.1, 0.15) is 0 Å². The van der Waals surface area contributed by atoms with Crippen molar-refractivity contribution in [1.82, 2.24) is 15.1 Å². The van der Waals surface area contributed by atoms with Gasteiger partial charge in [0.05, 0.1) is 6.04 Å². The highest BCUT2D eigenvalue weighted by molar-refractivity contribution is 7.99. The lowest BCUT2D eigenvalue weighted by Crippen LogP contribution is -2.46. The molecule has 0 aliphatic carbocycles. The molecule has 136 valence electrons. The molecular formula is C16H24Cl3N3OS. The largest absolute Gasteiger partial charge is 0.340 e. The average molecular weight is 413 g/mol. The third-order valence-corrected chi connectivity index (χ3v) is 5.43. The van der Waals surface area contributed by atoms with Gasteiger partial charge in [0.15, 0.2) is 0 Å². The Morgan fingerprint density at radius 3 is 2.58 bits per heavy atom. The maximum atomic E-state index is 12.5. The van der Waals surface area contributed by atoms with Gasteiger partial charge in [-0.05, 0) is 24.1 Å². The first kappa shape index (κ1) is 21.9. The zero-order chi connectivity index (χ0) is 15.4. The topological polar surface area (TPSA) is 35.6 Å². The first-order chi connectivity index (χ1) is 10.7. The summed E-state index contributed by atoms with van der Waals surface area (Å²) >= 11 is 7.73. The van der Waals surface area contributed by atoms with Crippen molar-refractivity contribution >= 4 is 54.1 Å². The Kier molecular flexibility index (Phi) is 9.79. The molecule has 2 aliphatic rings. The zero-order valence-electron chi connectivity index (χ0n) is 13.4. The molecule has 3 rings (SSSR count). The van der Waals surface area contributed by atoms with Gasteiger partial charge in [-0.15, -0.1) is 36.6 Å². The SMILES string of the molecule is Cl.Cl.O=C(C1CSCN1)N1CCCN(Cc2ccc(Cl)cc2)CC1. The Hall–Kier alpha value is -0.170. The van der Waals surface area contributed by atoms with Crippen molar-refractivity contribution in [2.24, 2.45) is 0 Å². The number of rotatable bonds is 3. The molecule has 0 radical (unpaired) electrons. The van der Waals surface area contributed by atoms with E-state index in [9.17, 15) is 4.79 Å². The smallest absolute Gasteiger partial charge is 0.240 e. The maximum absolute atomic E-state index is 12.5. The summed E-state index contributed by atoms with van der Waals surface area (Å²) in [6.45, 7) is 4.61. The Morgan fingerprint density at radius 1 is 1.17 bits per heavy atom. The summed E-state index contributed by atoms with van der Waals surface area (Å²) < 4.78 is 0. The molecule has 0 saturated carbocycles. The van der Waals surface area contributed by atoms with Crippen LogP contribution in [0.3, 0.4) is 0 Å². The minimum absolute atomic E-state index is 0. The van der Waals surface area contributed by atoms with Gasteiger partial charge >= 0.3 is 0 Å². The predicted octanol–water partition coefficient (Wildman–Crippen LogP) is 2.88. The van der Waals surface area contributed by atoms with E-state index in [1.165, 1.54) is 5.56 Å². The molecule has 2 saturated heterocycles. The summed E-state index contributed by atoms with van der Waals surface area (Å²) in [5.74, 6) is 2.08. The third kappa shape index (κ3) is 5.97. The second-order valence-corrected chi connectivity index (χ2v) is 7.32. The number of hydrogen-bond acceptors (Lipinski definition) is 4. The van der Waals surface area contributed by atoms with Crippen LogP contribution < -0.4 is 5.32 Å². The van der Waals surface area contributed by atoms with E-state index in [4.69, 9.17) is 11.6 Å². The number of amides is 1. The molecule has 1 aromatic rings. The van der Waals surface area contributed by atoms with Gasteiger partial charge in [-0.25, -0.2) is 0 Å². The first-order valence-corrected chi connectivity index (χ1v) is 9.32. The molecule has 0 bridgehead atoms. The van der Waals surface area contributed by atoms with Gasteiger partial charge in [-0.2, -0.15) is 0 Å². The lowest BCUT2D eigenvalue weighted by Gasteiger charge is -2.24. The molecular weight excluding hydrogens is 389 g/mol. The number of benzene rings is 1. The number of thioether (sulfide) groups is 1. The molecule has 4 nitrogen and oxygen atoms in total. The fourth-order valence-electron chi connectivity index (χ4n) is 2.97. The lowest BCUT2D eigenvalue weighted by atomic mass is 10.2. The fourth-order valence-corrected chi connectivity index (χ4v) is 4.03. The van der Waals surface area contributed by atoms with Crippen LogP contribution >= 0.6 is 48.2 Å². The number of halogens is 3. The van der Waals surface area contributed by atoms with Crippen LogP contribution in [0.1, 0.15) is 12.0 Å². The monoisotopic (exact) mass is 411 g/mol. The fraction of sp³-hybridized carbons (Fsp3) is 0.562. The highest BCUT2D eigenvalue weighted by atomic mass is 35.5. The van der Waals surface area contributed by atoms with Gasteiger partial charge in [0, 0.05) is 49.4 Å². The predicted molar refractivity (Wildman–Crippen MR) is 107 cm³/mol. The van der Waals surface area contributed by atoms with Crippen LogP contribution in [0.4, 0.5) is 0 Å². The molecule has 1 N–H and O–H groups in total. The van der Waals surface area contributed by atoms with Crippen molar-refractivity contribution in [3.05, 3.63) is 34.9 Å². The van der Waals surface area contributed by atoms with Crippen LogP contribution in [-0.2, 0) is 11.3 Å². The van der Waals surface area contributed by atoms with Crippen LogP contribution in [0.15, 0.2) is 24.3 Å².